The lowest BCUT2D eigenvalue weighted by molar-refractivity contribution is -0.133. The zero-order valence-corrected chi connectivity index (χ0v) is 19.2. The molecule has 1 saturated heterocycles. The first-order valence-corrected chi connectivity index (χ1v) is 10.7. The number of piperidine rings is 1. The van der Waals surface area contributed by atoms with Gasteiger partial charge in [-0.3, -0.25) is 4.79 Å². The molecule has 1 heterocycles. The molecule has 0 aromatic heterocycles. The molecule has 0 bridgehead atoms. The number of rotatable bonds is 7. The Morgan fingerprint density at radius 3 is 1.97 bits per heavy atom. The van der Waals surface area contributed by atoms with Crippen LogP contribution in [0.15, 0.2) is 84.6 Å². The van der Waals surface area contributed by atoms with E-state index >= 15 is 0 Å². The number of aliphatic hydroxyl groups is 1. The number of benzene rings is 3. The molecule has 1 aliphatic rings. The first kappa shape index (κ1) is 10.5. The molecule has 1 amide bonds. The van der Waals surface area contributed by atoms with Crippen molar-refractivity contribution in [3.63, 3.8) is 0 Å². The van der Waals surface area contributed by atoms with Crippen molar-refractivity contribution in [1.29, 1.82) is 0 Å². The van der Waals surface area contributed by atoms with E-state index < -0.39 is 162 Å². The normalized spacial score (nSPS) is 24.6. The van der Waals surface area contributed by atoms with Gasteiger partial charge in [0.15, 0.2) is 0 Å². The number of likely N-dealkylation sites (tertiary alicyclic amines) is 1. The third-order valence-corrected chi connectivity index (χ3v) is 5.72. The van der Waals surface area contributed by atoms with Crippen LogP contribution < -0.4 is 0 Å². The van der Waals surface area contributed by atoms with E-state index in [-0.39, 0.29) is 0 Å². The molecule has 0 atom stereocenters. The number of amides is 1. The monoisotopic (exact) mass is 494 g/mol. The van der Waals surface area contributed by atoms with E-state index in [1.54, 1.807) is 0 Å². The van der Waals surface area contributed by atoms with E-state index in [9.17, 15) is 15.4 Å². The molecular formula is C29H33ClN2O2. The summed E-state index contributed by atoms with van der Waals surface area (Å²) in [5, 5.41) is 11.2. The summed E-state index contributed by atoms with van der Waals surface area (Å²) in [6.45, 7) is -4.70. The Balaban J connectivity index is 2.10. The van der Waals surface area contributed by atoms with Gasteiger partial charge in [0, 0.05) is 37.7 Å². The maximum atomic E-state index is 14.7. The van der Waals surface area contributed by atoms with E-state index in [0.717, 1.165) is 19.0 Å². The molecule has 5 heteroatoms. The van der Waals surface area contributed by atoms with Crippen molar-refractivity contribution in [2.24, 2.45) is 0 Å². The van der Waals surface area contributed by atoms with Crippen molar-refractivity contribution in [3.8, 4) is 0 Å². The smallest absolute Gasteiger partial charge is 0.237 e. The number of carbonyl (C=O) groups is 1. The van der Waals surface area contributed by atoms with Crippen LogP contribution in [0.5, 0.6) is 0 Å². The highest BCUT2D eigenvalue weighted by Crippen LogP contribution is 2.39. The van der Waals surface area contributed by atoms with Crippen molar-refractivity contribution < 1.29 is 34.6 Å². The summed E-state index contributed by atoms with van der Waals surface area (Å²) in [5.41, 5.74) is -8.54. The van der Waals surface area contributed by atoms with Gasteiger partial charge in [0.25, 0.3) is 0 Å². The lowest BCUT2D eigenvalue weighted by Crippen LogP contribution is -2.48. The molecule has 4 rings (SSSR count). The summed E-state index contributed by atoms with van der Waals surface area (Å²) in [7, 11) is 2.14. The summed E-state index contributed by atoms with van der Waals surface area (Å²) in [6.07, 6.45) is -4.94. The van der Waals surface area contributed by atoms with Gasteiger partial charge < -0.3 is 14.9 Å². The molecule has 0 radical (unpaired) electrons. The fourth-order valence-electron chi connectivity index (χ4n) is 3.66. The molecule has 1 fully saturated rings. The van der Waals surface area contributed by atoms with Crippen molar-refractivity contribution in [1.82, 2.24) is 9.80 Å². The average Bonchev–Trinajstić information content (AvgIpc) is 3.08. The van der Waals surface area contributed by atoms with E-state index in [2.05, 4.69) is 0 Å². The van der Waals surface area contributed by atoms with E-state index in [1.165, 1.54) is 0 Å². The van der Waals surface area contributed by atoms with Gasteiger partial charge >= 0.3 is 0 Å². The van der Waals surface area contributed by atoms with Crippen LogP contribution in [-0.2, 0) is 15.8 Å². The number of hydrogen-bond acceptors (Lipinski definition) is 3. The Labute approximate surface area is 233 Å². The second-order valence-electron chi connectivity index (χ2n) is 7.89. The van der Waals surface area contributed by atoms with Crippen LogP contribution in [0.25, 0.3) is 0 Å². The summed E-state index contributed by atoms with van der Waals surface area (Å²) in [5.74, 6) is -1.53. The topological polar surface area (TPSA) is 43.8 Å². The third kappa shape index (κ3) is 4.90. The second kappa shape index (κ2) is 10.3. The first-order valence-electron chi connectivity index (χ1n) is 19.3. The highest BCUT2D eigenvalue weighted by Gasteiger charge is 2.43. The van der Waals surface area contributed by atoms with Gasteiger partial charge in [0.05, 0.1) is 24.8 Å². The number of nitrogens with zero attached hydrogens (tertiary/aromatic N) is 2. The van der Waals surface area contributed by atoms with Crippen molar-refractivity contribution in [2.75, 3.05) is 33.7 Å². The second-order valence-corrected chi connectivity index (χ2v) is 8.27. The minimum Gasteiger partial charge on any atom is -0.385 e. The Morgan fingerprint density at radius 1 is 1.00 bits per heavy atom. The minimum atomic E-state index is -3.89. The highest BCUT2D eigenvalue weighted by atomic mass is 35.5. The van der Waals surface area contributed by atoms with E-state index in [0.29, 0.717) is 4.90 Å². The molecule has 34 heavy (non-hydrogen) atoms. The Morgan fingerprint density at radius 2 is 1.50 bits per heavy atom. The van der Waals surface area contributed by atoms with Gasteiger partial charge in [-0.25, -0.2) is 0 Å². The van der Waals surface area contributed by atoms with Crippen LogP contribution in [-0.4, -0.2) is 54.5 Å². The Kier molecular flexibility index (Phi) is 3.19. The quantitative estimate of drug-likeness (QED) is 0.497. The predicted octanol–water partition coefficient (Wildman–Crippen LogP) is 5.09. The van der Waals surface area contributed by atoms with Gasteiger partial charge in [-0.15, -0.1) is 0 Å². The van der Waals surface area contributed by atoms with E-state index in [4.69, 9.17) is 30.8 Å². The van der Waals surface area contributed by atoms with Crippen LogP contribution in [0.4, 0.5) is 0 Å². The minimum absolute atomic E-state index is 0.439. The van der Waals surface area contributed by atoms with Crippen LogP contribution in [0.1, 0.15) is 60.6 Å². The number of halogens is 1. The molecule has 0 aliphatic carbocycles. The van der Waals surface area contributed by atoms with Crippen molar-refractivity contribution >= 4 is 17.5 Å². The van der Waals surface area contributed by atoms with Gasteiger partial charge in [-0.1, -0.05) is 84.1 Å². The predicted molar refractivity (Wildman–Crippen MR) is 138 cm³/mol. The largest absolute Gasteiger partial charge is 0.385 e. The fourth-order valence-corrected chi connectivity index (χ4v) is 3.75. The molecule has 1 aliphatic heterocycles. The molecule has 1 N–H and O–H groups in total. The summed E-state index contributed by atoms with van der Waals surface area (Å²) in [6, 6.07) is -13.7. The van der Waals surface area contributed by atoms with Crippen LogP contribution in [0.3, 0.4) is 0 Å². The standard InChI is InChI=1S/C29H33ClN2O2/c1-31(2)27(33)29(24-9-5-3-6-10-24,25-11-7-4-8-12-25)19-22-32-20-17-28(34,18-21-32)23-13-15-26(30)16-14-23/h3-16,34H,17-22H2,1-2H3/i3D,4D,5D,6D,7D,8D,9D,10D,11D,12D,13D,14D,15D,16D,19D2,22D2. The summed E-state index contributed by atoms with van der Waals surface area (Å²) in [4.78, 5) is 16.2. The summed E-state index contributed by atoms with van der Waals surface area (Å²) < 4.78 is 156. The summed E-state index contributed by atoms with van der Waals surface area (Å²) >= 11 is 5.92. The van der Waals surface area contributed by atoms with Crippen LogP contribution in [0, 0.1) is 0 Å². The lowest BCUT2D eigenvalue weighted by atomic mass is 9.70. The molecule has 0 saturated carbocycles. The van der Waals surface area contributed by atoms with Gasteiger partial charge in [0.1, 0.15) is 5.41 Å². The van der Waals surface area contributed by atoms with Gasteiger partial charge in [-0.2, -0.15) is 0 Å². The molecule has 3 aromatic rings. The van der Waals surface area contributed by atoms with Crippen molar-refractivity contribution in [3.05, 3.63) is 106 Å². The average molecular weight is 495 g/mol. The molecule has 0 spiro atoms. The third-order valence-electron chi connectivity index (χ3n) is 5.53. The molecule has 3 aromatic carbocycles. The zero-order chi connectivity index (χ0) is 40.0. The van der Waals surface area contributed by atoms with Gasteiger partial charge in [-0.05, 0) is 54.5 Å². The number of carbonyl (C=O) groups excluding carboxylic acids is 1. The SMILES string of the molecule is [2H]c1c([2H])c([2H])c(C(C(=O)N(C)C)(c2c([2H])c([2H])c([2H])c([2H])c2[2H])C([2H])([2H])C([2H])([2H])N2CCC(O)(c3c([2H])c([2H])c(Cl)c([2H])c3[2H])CC2)c([2H])c1[2H]. The molecule has 178 valence electrons. The Hall–Kier alpha value is -2.66. The number of likely N-dealkylation sites (N-methyl/N-ethyl adjacent to an activating group) is 1. The fraction of sp³-hybridized carbons (Fsp3) is 0.345. The van der Waals surface area contributed by atoms with E-state index in [1.807, 2.05) is 0 Å². The molecule has 0 unspecified atom stereocenters. The van der Waals surface area contributed by atoms with Crippen molar-refractivity contribution in [2.45, 2.75) is 30.2 Å². The maximum Gasteiger partial charge on any atom is 0.237 e. The molecule has 4 nitrogen and oxygen atoms in total. The first-order chi connectivity index (χ1) is 23.7. The Bertz CT molecular complexity index is 1840. The molecular weight excluding hydrogens is 444 g/mol. The van der Waals surface area contributed by atoms with Crippen LogP contribution in [0.2, 0.25) is 5.02 Å². The van der Waals surface area contributed by atoms with Gasteiger partial charge in [0.2, 0.25) is 5.91 Å². The lowest BCUT2D eigenvalue weighted by Gasteiger charge is -2.41. The number of hydrogen-bond donors (Lipinski definition) is 1. The maximum absolute atomic E-state index is 14.7. The zero-order valence-electron chi connectivity index (χ0n) is 36.5. The van der Waals surface area contributed by atoms with Crippen LogP contribution >= 0.6 is 11.6 Å². The highest BCUT2D eigenvalue weighted by molar-refractivity contribution is 6.30.